The van der Waals surface area contributed by atoms with E-state index < -0.39 is 27.1 Å². The summed E-state index contributed by atoms with van der Waals surface area (Å²) in [6.07, 6.45) is 1.95. The Balaban J connectivity index is 2.09. The Morgan fingerprint density at radius 2 is 1.83 bits per heavy atom. The van der Waals surface area contributed by atoms with Gasteiger partial charge in [0, 0.05) is 26.7 Å². The van der Waals surface area contributed by atoms with Crippen LogP contribution in [0, 0.1) is 0 Å². The molecule has 0 unspecified atom stereocenters. The highest BCUT2D eigenvalue weighted by Gasteiger charge is 2.16. The van der Waals surface area contributed by atoms with Gasteiger partial charge in [0.15, 0.2) is 0 Å². The molecular formula is C15H17N3O5S. The van der Waals surface area contributed by atoms with Crippen molar-refractivity contribution in [2.45, 2.75) is 17.7 Å². The molecule has 0 radical (unpaired) electrons. The Bertz CT molecular complexity index is 901. The number of sulfonamides is 1. The van der Waals surface area contributed by atoms with Crippen LogP contribution in [0.4, 0.5) is 0 Å². The molecule has 1 aromatic carbocycles. The number of hydrogen-bond donors (Lipinski definition) is 2. The second-order valence-electron chi connectivity index (χ2n) is 5.31. The minimum Gasteiger partial charge on any atom is -0.477 e. The third-order valence-electron chi connectivity index (χ3n) is 3.43. The lowest BCUT2D eigenvalue weighted by molar-refractivity contribution is 0.0694. The zero-order valence-electron chi connectivity index (χ0n) is 13.2. The predicted molar refractivity (Wildman–Crippen MR) is 86.5 cm³/mol. The Morgan fingerprint density at radius 1 is 1.21 bits per heavy atom. The van der Waals surface area contributed by atoms with Crippen LogP contribution < -0.4 is 5.56 Å². The largest absolute Gasteiger partial charge is 0.477 e. The Kier molecular flexibility index (Phi) is 5.15. The van der Waals surface area contributed by atoms with E-state index in [0.717, 1.165) is 16.1 Å². The molecule has 9 heteroatoms. The molecule has 0 atom stereocenters. The van der Waals surface area contributed by atoms with Crippen molar-refractivity contribution in [1.29, 1.82) is 0 Å². The number of aromatic amines is 1. The van der Waals surface area contributed by atoms with E-state index in [1.165, 1.54) is 26.2 Å². The lowest BCUT2D eigenvalue weighted by Crippen LogP contribution is -2.22. The minimum absolute atomic E-state index is 0.202. The molecule has 0 spiro atoms. The molecule has 0 aliphatic heterocycles. The first-order valence-electron chi connectivity index (χ1n) is 7.05. The maximum absolute atomic E-state index is 12.0. The van der Waals surface area contributed by atoms with E-state index in [0.29, 0.717) is 18.7 Å². The van der Waals surface area contributed by atoms with Gasteiger partial charge >= 0.3 is 5.97 Å². The summed E-state index contributed by atoms with van der Waals surface area (Å²) in [5.41, 5.74) is -0.227. The second-order valence-corrected chi connectivity index (χ2v) is 7.46. The first kappa shape index (κ1) is 17.8. The van der Waals surface area contributed by atoms with E-state index >= 15 is 0 Å². The molecule has 0 fully saturated rings. The first-order chi connectivity index (χ1) is 11.2. The number of hydrogen-bond acceptors (Lipinski definition) is 5. The number of carboxylic acid groups (broad SMARTS) is 1. The number of benzene rings is 1. The number of carboxylic acids is 1. The summed E-state index contributed by atoms with van der Waals surface area (Å²) in [6.45, 7) is 0. The number of H-pyrrole nitrogens is 1. The molecule has 0 amide bonds. The molecule has 0 aliphatic carbocycles. The molecule has 2 N–H and O–H groups in total. The summed E-state index contributed by atoms with van der Waals surface area (Å²) >= 11 is 0. The highest BCUT2D eigenvalue weighted by Crippen LogP contribution is 2.14. The van der Waals surface area contributed by atoms with Crippen molar-refractivity contribution in [1.82, 2.24) is 14.3 Å². The smallest absolute Gasteiger partial charge is 0.342 e. The van der Waals surface area contributed by atoms with Crippen LogP contribution in [0.2, 0.25) is 0 Å². The zero-order valence-corrected chi connectivity index (χ0v) is 14.0. The van der Waals surface area contributed by atoms with Gasteiger partial charge < -0.3 is 10.1 Å². The molecule has 2 aromatic rings. The number of aryl methyl sites for hydroxylation is 2. The van der Waals surface area contributed by atoms with Crippen LogP contribution in [0.15, 0.2) is 40.2 Å². The number of carbonyl (C=O) groups is 1. The Morgan fingerprint density at radius 3 is 2.33 bits per heavy atom. The van der Waals surface area contributed by atoms with Gasteiger partial charge in [-0.3, -0.25) is 4.79 Å². The molecule has 0 saturated heterocycles. The van der Waals surface area contributed by atoms with Crippen LogP contribution in [-0.2, 0) is 22.9 Å². The topological polar surface area (TPSA) is 120 Å². The van der Waals surface area contributed by atoms with E-state index in [1.807, 2.05) is 0 Å². The Hall–Kier alpha value is -2.52. The quantitative estimate of drug-likeness (QED) is 0.782. The molecular weight excluding hydrogens is 334 g/mol. The van der Waals surface area contributed by atoms with E-state index in [-0.39, 0.29) is 4.90 Å². The number of nitrogens with zero attached hydrogens (tertiary/aromatic N) is 2. The van der Waals surface area contributed by atoms with Crippen molar-refractivity contribution in [3.8, 4) is 0 Å². The summed E-state index contributed by atoms with van der Waals surface area (Å²) in [7, 11) is -0.533. The van der Waals surface area contributed by atoms with Gasteiger partial charge in [0.25, 0.3) is 5.56 Å². The van der Waals surface area contributed by atoms with Gasteiger partial charge in [-0.25, -0.2) is 22.5 Å². The maximum atomic E-state index is 12.0. The first-order valence-corrected chi connectivity index (χ1v) is 8.49. The molecule has 24 heavy (non-hydrogen) atoms. The van der Waals surface area contributed by atoms with Gasteiger partial charge in [-0.15, -0.1) is 0 Å². The summed E-state index contributed by atoms with van der Waals surface area (Å²) in [5.74, 6) is -0.956. The summed E-state index contributed by atoms with van der Waals surface area (Å²) < 4.78 is 25.1. The summed E-state index contributed by atoms with van der Waals surface area (Å²) in [6, 6.07) is 6.43. The minimum atomic E-state index is -3.46. The van der Waals surface area contributed by atoms with Crippen LogP contribution in [0.5, 0.6) is 0 Å². The maximum Gasteiger partial charge on any atom is 0.342 e. The van der Waals surface area contributed by atoms with Crippen molar-refractivity contribution in [2.24, 2.45) is 0 Å². The van der Waals surface area contributed by atoms with Crippen LogP contribution in [0.1, 0.15) is 21.7 Å². The second kappa shape index (κ2) is 6.93. The SMILES string of the molecule is CN(C)S(=O)(=O)c1ccc(CCc2ncc(C(=O)O)c(=O)[nH]2)cc1. The molecule has 1 aromatic heterocycles. The van der Waals surface area contributed by atoms with E-state index in [1.54, 1.807) is 12.1 Å². The standard InChI is InChI=1S/C15H17N3O5S/c1-18(2)24(22,23)11-6-3-10(4-7-11)5-8-13-16-9-12(15(20)21)14(19)17-13/h3-4,6-7,9H,5,8H2,1-2H3,(H,20,21)(H,16,17,19). The van der Waals surface area contributed by atoms with Crippen molar-refractivity contribution in [3.05, 3.63) is 57.8 Å². The number of rotatable bonds is 6. The molecule has 0 saturated carbocycles. The van der Waals surface area contributed by atoms with Crippen molar-refractivity contribution in [2.75, 3.05) is 14.1 Å². The summed E-state index contributed by atoms with van der Waals surface area (Å²) in [4.78, 5) is 28.9. The fourth-order valence-corrected chi connectivity index (χ4v) is 2.91. The van der Waals surface area contributed by atoms with Gasteiger partial charge in [0.2, 0.25) is 10.0 Å². The lowest BCUT2D eigenvalue weighted by Gasteiger charge is -2.11. The predicted octanol–water partition coefficient (Wildman–Crippen LogP) is 0.504. The Labute approximate surface area is 138 Å². The van der Waals surface area contributed by atoms with Crippen molar-refractivity contribution >= 4 is 16.0 Å². The normalized spacial score (nSPS) is 11.6. The van der Waals surface area contributed by atoms with E-state index in [4.69, 9.17) is 5.11 Å². The lowest BCUT2D eigenvalue weighted by atomic mass is 10.1. The number of nitrogens with one attached hydrogen (secondary N) is 1. The van der Waals surface area contributed by atoms with Crippen LogP contribution in [-0.4, -0.2) is 47.9 Å². The third kappa shape index (κ3) is 3.87. The van der Waals surface area contributed by atoms with Gasteiger partial charge in [-0.1, -0.05) is 12.1 Å². The average molecular weight is 351 g/mol. The highest BCUT2D eigenvalue weighted by atomic mass is 32.2. The van der Waals surface area contributed by atoms with E-state index in [2.05, 4.69) is 9.97 Å². The molecule has 0 aliphatic rings. The average Bonchev–Trinajstić information content (AvgIpc) is 2.53. The third-order valence-corrected chi connectivity index (χ3v) is 5.26. The fraction of sp³-hybridized carbons (Fsp3) is 0.267. The van der Waals surface area contributed by atoms with Gasteiger partial charge in [0.1, 0.15) is 11.4 Å². The zero-order chi connectivity index (χ0) is 17.9. The van der Waals surface area contributed by atoms with Gasteiger partial charge in [0.05, 0.1) is 4.90 Å². The highest BCUT2D eigenvalue weighted by molar-refractivity contribution is 7.89. The number of aromatic nitrogens is 2. The monoisotopic (exact) mass is 351 g/mol. The van der Waals surface area contributed by atoms with Crippen LogP contribution >= 0.6 is 0 Å². The summed E-state index contributed by atoms with van der Waals surface area (Å²) in [5, 5.41) is 8.78. The molecule has 0 bridgehead atoms. The van der Waals surface area contributed by atoms with E-state index in [9.17, 15) is 18.0 Å². The molecule has 2 rings (SSSR count). The number of aromatic carboxylic acids is 1. The molecule has 1 heterocycles. The van der Waals surface area contributed by atoms with Crippen molar-refractivity contribution in [3.63, 3.8) is 0 Å². The fourth-order valence-electron chi connectivity index (χ4n) is 2.01. The van der Waals surface area contributed by atoms with Crippen LogP contribution in [0.3, 0.4) is 0 Å². The molecule has 128 valence electrons. The molecule has 8 nitrogen and oxygen atoms in total. The van der Waals surface area contributed by atoms with Crippen LogP contribution in [0.25, 0.3) is 0 Å². The van der Waals surface area contributed by atoms with Crippen molar-refractivity contribution < 1.29 is 18.3 Å². The van der Waals surface area contributed by atoms with Gasteiger partial charge in [-0.2, -0.15) is 0 Å². The van der Waals surface area contributed by atoms with Gasteiger partial charge in [-0.05, 0) is 24.1 Å².